The van der Waals surface area contributed by atoms with Gasteiger partial charge in [0.1, 0.15) is 0 Å². The maximum atomic E-state index is 12.4. The number of rotatable bonds is 6. The topological polar surface area (TPSA) is 75.3 Å². The van der Waals surface area contributed by atoms with Gasteiger partial charge in [0, 0.05) is 23.1 Å². The summed E-state index contributed by atoms with van der Waals surface area (Å²) in [5, 5.41) is 2.71. The molecule has 2 N–H and O–H groups in total. The van der Waals surface area contributed by atoms with Crippen LogP contribution in [0.2, 0.25) is 0 Å². The highest BCUT2D eigenvalue weighted by atomic mass is 79.9. The van der Waals surface area contributed by atoms with Crippen molar-refractivity contribution in [1.29, 1.82) is 0 Å². The molecule has 128 valence electrons. The number of halogens is 1. The first-order valence-corrected chi connectivity index (χ1v) is 9.74. The van der Waals surface area contributed by atoms with Crippen LogP contribution in [-0.2, 0) is 16.6 Å². The van der Waals surface area contributed by atoms with E-state index < -0.39 is 10.0 Å². The molecule has 0 radical (unpaired) electrons. The van der Waals surface area contributed by atoms with Gasteiger partial charge >= 0.3 is 0 Å². The summed E-state index contributed by atoms with van der Waals surface area (Å²) in [5.41, 5.74) is 2.29. The van der Waals surface area contributed by atoms with E-state index in [1.807, 2.05) is 13.8 Å². The summed E-state index contributed by atoms with van der Waals surface area (Å²) in [7, 11) is -3.62. The van der Waals surface area contributed by atoms with E-state index in [2.05, 4.69) is 26.0 Å². The van der Waals surface area contributed by atoms with Crippen molar-refractivity contribution in [3.05, 3.63) is 63.6 Å². The van der Waals surface area contributed by atoms with E-state index in [0.29, 0.717) is 16.6 Å². The first-order chi connectivity index (χ1) is 11.3. The standard InChI is InChI=1S/C17H19BrN2O3S/c1-3-19-17(21)14-7-5-13(6-8-14)11-20-24(22,23)16-9-4-12(2)10-15(16)18/h4-10,20H,3,11H2,1-2H3,(H,19,21). The van der Waals surface area contributed by atoms with Gasteiger partial charge in [-0.1, -0.05) is 18.2 Å². The molecule has 0 aliphatic carbocycles. The van der Waals surface area contributed by atoms with Crippen molar-refractivity contribution >= 4 is 31.9 Å². The summed E-state index contributed by atoms with van der Waals surface area (Å²) in [5.74, 6) is -0.145. The summed E-state index contributed by atoms with van der Waals surface area (Å²) in [4.78, 5) is 11.9. The molecule has 24 heavy (non-hydrogen) atoms. The first-order valence-electron chi connectivity index (χ1n) is 7.46. The molecule has 0 heterocycles. The van der Waals surface area contributed by atoms with Crippen LogP contribution < -0.4 is 10.0 Å². The van der Waals surface area contributed by atoms with Crippen molar-refractivity contribution in [2.45, 2.75) is 25.3 Å². The van der Waals surface area contributed by atoms with Gasteiger partial charge in [0.05, 0.1) is 4.90 Å². The molecule has 0 saturated carbocycles. The second kappa shape index (κ2) is 7.92. The summed E-state index contributed by atoms with van der Waals surface area (Å²) >= 11 is 3.29. The van der Waals surface area contributed by atoms with Crippen molar-refractivity contribution in [2.75, 3.05) is 6.54 Å². The molecule has 0 bridgehead atoms. The fourth-order valence-corrected chi connectivity index (χ4v) is 4.32. The van der Waals surface area contributed by atoms with Crippen LogP contribution in [0.4, 0.5) is 0 Å². The lowest BCUT2D eigenvalue weighted by Gasteiger charge is -2.10. The predicted octanol–water partition coefficient (Wildman–Crippen LogP) is 2.99. The van der Waals surface area contributed by atoms with Gasteiger partial charge in [-0.3, -0.25) is 4.79 Å². The number of hydrogen-bond donors (Lipinski definition) is 2. The van der Waals surface area contributed by atoms with Crippen molar-refractivity contribution in [3.63, 3.8) is 0 Å². The Morgan fingerprint density at radius 3 is 2.38 bits per heavy atom. The van der Waals surface area contributed by atoms with Gasteiger partial charge in [0.15, 0.2) is 0 Å². The molecule has 0 aliphatic rings. The number of carbonyl (C=O) groups excluding carboxylic acids is 1. The van der Waals surface area contributed by atoms with Gasteiger partial charge in [-0.25, -0.2) is 13.1 Å². The molecule has 1 amide bonds. The molecule has 2 rings (SSSR count). The third-order valence-electron chi connectivity index (χ3n) is 3.40. The maximum absolute atomic E-state index is 12.4. The summed E-state index contributed by atoms with van der Waals surface area (Å²) in [6.07, 6.45) is 0. The highest BCUT2D eigenvalue weighted by Gasteiger charge is 2.17. The highest BCUT2D eigenvalue weighted by Crippen LogP contribution is 2.23. The summed E-state index contributed by atoms with van der Waals surface area (Å²) in [6, 6.07) is 11.9. The third-order valence-corrected chi connectivity index (χ3v) is 5.77. The second-order valence-electron chi connectivity index (χ2n) is 5.31. The predicted molar refractivity (Wildman–Crippen MR) is 97.4 cm³/mol. The molecule has 0 aliphatic heterocycles. The molecule has 2 aromatic rings. The number of benzene rings is 2. The Balaban J connectivity index is 2.08. The Morgan fingerprint density at radius 1 is 1.12 bits per heavy atom. The van der Waals surface area contributed by atoms with Gasteiger partial charge in [-0.15, -0.1) is 0 Å². The molecule has 0 aromatic heterocycles. The van der Waals surface area contributed by atoms with E-state index >= 15 is 0 Å². The number of amides is 1. The Morgan fingerprint density at radius 2 is 1.79 bits per heavy atom. The SMILES string of the molecule is CCNC(=O)c1ccc(CNS(=O)(=O)c2ccc(C)cc2Br)cc1. The minimum absolute atomic E-state index is 0.145. The molecule has 0 spiro atoms. The number of nitrogens with one attached hydrogen (secondary N) is 2. The van der Waals surface area contributed by atoms with E-state index in [4.69, 9.17) is 0 Å². The Kier molecular flexibility index (Phi) is 6.15. The van der Waals surface area contributed by atoms with Crippen LogP contribution >= 0.6 is 15.9 Å². The molecule has 7 heteroatoms. The van der Waals surface area contributed by atoms with Crippen LogP contribution in [0.3, 0.4) is 0 Å². The van der Waals surface area contributed by atoms with Gasteiger partial charge in [-0.05, 0) is 65.2 Å². The Labute approximate surface area is 150 Å². The second-order valence-corrected chi connectivity index (χ2v) is 7.90. The average Bonchev–Trinajstić information content (AvgIpc) is 2.53. The van der Waals surface area contributed by atoms with Crippen molar-refractivity contribution in [1.82, 2.24) is 10.0 Å². The van der Waals surface area contributed by atoms with Crippen molar-refractivity contribution in [3.8, 4) is 0 Å². The van der Waals surface area contributed by atoms with Crippen molar-refractivity contribution < 1.29 is 13.2 Å². The van der Waals surface area contributed by atoms with Gasteiger partial charge in [-0.2, -0.15) is 0 Å². The quantitative estimate of drug-likeness (QED) is 0.768. The van der Waals surface area contributed by atoms with E-state index in [1.165, 1.54) is 0 Å². The molecule has 5 nitrogen and oxygen atoms in total. The van der Waals surface area contributed by atoms with Gasteiger partial charge in [0.2, 0.25) is 10.0 Å². The minimum Gasteiger partial charge on any atom is -0.352 e. The minimum atomic E-state index is -3.62. The zero-order valence-corrected chi connectivity index (χ0v) is 15.9. The number of hydrogen-bond acceptors (Lipinski definition) is 3. The molecule has 0 saturated heterocycles. The van der Waals surface area contributed by atoms with Crippen molar-refractivity contribution in [2.24, 2.45) is 0 Å². The largest absolute Gasteiger partial charge is 0.352 e. The molecular weight excluding hydrogens is 392 g/mol. The summed E-state index contributed by atoms with van der Waals surface area (Å²) < 4.78 is 27.9. The van der Waals surface area contributed by atoms with Gasteiger partial charge < -0.3 is 5.32 Å². The van der Waals surface area contributed by atoms with Gasteiger partial charge in [0.25, 0.3) is 5.91 Å². The number of sulfonamides is 1. The van der Waals surface area contributed by atoms with Crippen LogP contribution in [0, 0.1) is 6.92 Å². The maximum Gasteiger partial charge on any atom is 0.251 e. The zero-order chi connectivity index (χ0) is 17.7. The van der Waals surface area contributed by atoms with E-state index in [0.717, 1.165) is 11.1 Å². The lowest BCUT2D eigenvalue weighted by atomic mass is 10.1. The summed E-state index contributed by atoms with van der Waals surface area (Å²) in [6.45, 7) is 4.46. The Hall–Kier alpha value is -1.70. The third kappa shape index (κ3) is 4.66. The first kappa shape index (κ1) is 18.6. The normalized spacial score (nSPS) is 11.3. The average molecular weight is 411 g/mol. The smallest absolute Gasteiger partial charge is 0.251 e. The lowest BCUT2D eigenvalue weighted by Crippen LogP contribution is -2.24. The van der Waals surface area contributed by atoms with Crippen LogP contribution in [0.5, 0.6) is 0 Å². The zero-order valence-electron chi connectivity index (χ0n) is 13.5. The van der Waals surface area contributed by atoms with E-state index in [9.17, 15) is 13.2 Å². The molecule has 2 aromatic carbocycles. The fraction of sp³-hybridized carbons (Fsp3) is 0.235. The molecular formula is C17H19BrN2O3S. The number of aryl methyl sites for hydroxylation is 1. The van der Waals surface area contributed by atoms with E-state index in [-0.39, 0.29) is 17.3 Å². The Bertz CT molecular complexity index is 833. The molecule has 0 fully saturated rings. The lowest BCUT2D eigenvalue weighted by molar-refractivity contribution is 0.0956. The molecule has 0 atom stereocenters. The van der Waals surface area contributed by atoms with Crippen LogP contribution in [0.15, 0.2) is 51.8 Å². The van der Waals surface area contributed by atoms with E-state index in [1.54, 1.807) is 42.5 Å². The molecule has 0 unspecified atom stereocenters. The fourth-order valence-electron chi connectivity index (χ4n) is 2.12. The number of carbonyl (C=O) groups is 1. The van der Waals surface area contributed by atoms with Crippen LogP contribution in [0.1, 0.15) is 28.4 Å². The highest BCUT2D eigenvalue weighted by molar-refractivity contribution is 9.10. The monoisotopic (exact) mass is 410 g/mol. The van der Waals surface area contributed by atoms with Crippen LogP contribution in [-0.4, -0.2) is 20.9 Å². The van der Waals surface area contributed by atoms with Crippen LogP contribution in [0.25, 0.3) is 0 Å².